The number of benzene rings is 1. The van der Waals surface area contributed by atoms with Gasteiger partial charge in [0.2, 0.25) is 0 Å². The van der Waals surface area contributed by atoms with Crippen LogP contribution in [0.25, 0.3) is 0 Å². The first kappa shape index (κ1) is 21.9. The smallest absolute Gasteiger partial charge is 0.191 e. The minimum Gasteiger partial charge on any atom is -0.493 e. The summed E-state index contributed by atoms with van der Waals surface area (Å²) >= 11 is 0. The predicted octanol–water partition coefficient (Wildman–Crippen LogP) is 2.51. The molecular formula is C21H31IN6O. The summed E-state index contributed by atoms with van der Waals surface area (Å²) in [7, 11) is 1.81. The number of hydrogen-bond acceptors (Lipinski definition) is 4. The third kappa shape index (κ3) is 5.61. The van der Waals surface area contributed by atoms with Crippen molar-refractivity contribution in [3.63, 3.8) is 0 Å². The van der Waals surface area contributed by atoms with Crippen molar-refractivity contribution in [2.75, 3.05) is 26.7 Å². The van der Waals surface area contributed by atoms with Gasteiger partial charge in [-0.25, -0.2) is 0 Å². The molecule has 4 rings (SSSR count). The number of guanidine groups is 1. The predicted molar refractivity (Wildman–Crippen MR) is 125 cm³/mol. The summed E-state index contributed by atoms with van der Waals surface area (Å²) in [5.74, 6) is 4.11. The maximum atomic E-state index is 5.57. The topological polar surface area (TPSA) is 76.4 Å². The van der Waals surface area contributed by atoms with E-state index in [1.54, 1.807) is 0 Å². The maximum Gasteiger partial charge on any atom is 0.191 e. The standard InChI is InChI=1S/C21H30N6O.HI/c1-22-21(23-11-8-16-6-7-18-17(15-16)10-14-28-18)24-12-9-20-26-25-19-5-3-2-4-13-27(19)20;/h6-7,15H,2-5,8-14H2,1H3,(H2,22,23,24);1H. The van der Waals surface area contributed by atoms with E-state index < -0.39 is 0 Å². The molecule has 0 bridgehead atoms. The van der Waals surface area contributed by atoms with Gasteiger partial charge in [0, 0.05) is 45.9 Å². The molecule has 158 valence electrons. The Balaban J connectivity index is 0.00000240. The van der Waals surface area contributed by atoms with Crippen molar-refractivity contribution in [3.8, 4) is 5.75 Å². The number of nitrogens with one attached hydrogen (secondary N) is 2. The molecule has 0 saturated carbocycles. The van der Waals surface area contributed by atoms with Crippen LogP contribution in [0.5, 0.6) is 5.75 Å². The van der Waals surface area contributed by atoms with Gasteiger partial charge in [-0.05, 0) is 36.5 Å². The summed E-state index contributed by atoms with van der Waals surface area (Å²) in [5.41, 5.74) is 2.66. The van der Waals surface area contributed by atoms with E-state index in [9.17, 15) is 0 Å². The number of aliphatic imine (C=N–C) groups is 1. The molecule has 8 heteroatoms. The molecule has 0 radical (unpaired) electrons. The number of nitrogens with zero attached hydrogens (tertiary/aromatic N) is 4. The third-order valence-electron chi connectivity index (χ3n) is 5.51. The van der Waals surface area contributed by atoms with Crippen molar-refractivity contribution >= 4 is 29.9 Å². The van der Waals surface area contributed by atoms with Crippen LogP contribution in [0, 0.1) is 0 Å². The average Bonchev–Trinajstić information content (AvgIpc) is 3.26. The van der Waals surface area contributed by atoms with Crippen LogP contribution in [0.1, 0.15) is 42.0 Å². The third-order valence-corrected chi connectivity index (χ3v) is 5.51. The Kier molecular flexibility index (Phi) is 8.14. The van der Waals surface area contributed by atoms with Gasteiger partial charge in [-0.15, -0.1) is 34.2 Å². The highest BCUT2D eigenvalue weighted by atomic mass is 127. The molecule has 1 aromatic carbocycles. The van der Waals surface area contributed by atoms with Gasteiger partial charge in [-0.3, -0.25) is 4.99 Å². The van der Waals surface area contributed by atoms with Gasteiger partial charge in [-0.2, -0.15) is 0 Å². The first-order valence-electron chi connectivity index (χ1n) is 10.4. The van der Waals surface area contributed by atoms with E-state index in [1.807, 2.05) is 7.05 Å². The first-order chi connectivity index (χ1) is 13.8. The van der Waals surface area contributed by atoms with Crippen molar-refractivity contribution in [2.24, 2.45) is 4.99 Å². The van der Waals surface area contributed by atoms with E-state index in [2.05, 4.69) is 48.6 Å². The number of aryl methyl sites for hydroxylation is 1. The van der Waals surface area contributed by atoms with E-state index in [4.69, 9.17) is 4.74 Å². The molecule has 0 unspecified atom stereocenters. The number of ether oxygens (including phenoxy) is 1. The molecule has 2 N–H and O–H groups in total. The molecule has 0 spiro atoms. The van der Waals surface area contributed by atoms with Crippen LogP contribution < -0.4 is 15.4 Å². The minimum atomic E-state index is 0. The SMILES string of the molecule is CN=C(NCCc1ccc2c(c1)CCO2)NCCc1nnc2n1CCCCC2.I. The summed E-state index contributed by atoms with van der Waals surface area (Å²) in [6.45, 7) is 3.51. The maximum absolute atomic E-state index is 5.57. The van der Waals surface area contributed by atoms with Gasteiger partial charge >= 0.3 is 0 Å². The van der Waals surface area contributed by atoms with Crippen molar-refractivity contribution in [2.45, 2.75) is 51.5 Å². The fourth-order valence-electron chi connectivity index (χ4n) is 3.96. The first-order valence-corrected chi connectivity index (χ1v) is 10.4. The monoisotopic (exact) mass is 510 g/mol. The van der Waals surface area contributed by atoms with Crippen LogP contribution in [0.15, 0.2) is 23.2 Å². The molecule has 2 aliphatic rings. The molecule has 0 saturated heterocycles. The molecule has 0 aliphatic carbocycles. The lowest BCUT2D eigenvalue weighted by molar-refractivity contribution is 0.357. The van der Waals surface area contributed by atoms with Gasteiger partial charge in [0.25, 0.3) is 0 Å². The molecule has 0 amide bonds. The van der Waals surface area contributed by atoms with Gasteiger partial charge < -0.3 is 19.9 Å². The fourth-order valence-corrected chi connectivity index (χ4v) is 3.96. The zero-order valence-electron chi connectivity index (χ0n) is 17.1. The summed E-state index contributed by atoms with van der Waals surface area (Å²) in [5, 5.41) is 15.6. The lowest BCUT2D eigenvalue weighted by Gasteiger charge is -2.12. The molecule has 3 heterocycles. The number of aromatic nitrogens is 3. The van der Waals surface area contributed by atoms with Crippen molar-refractivity contribution in [1.29, 1.82) is 0 Å². The molecule has 2 aromatic rings. The van der Waals surface area contributed by atoms with Crippen LogP contribution in [-0.4, -0.2) is 47.5 Å². The van der Waals surface area contributed by atoms with Crippen LogP contribution in [-0.2, 0) is 32.2 Å². The lowest BCUT2D eigenvalue weighted by atomic mass is 10.1. The molecule has 0 atom stereocenters. The second-order valence-corrected chi connectivity index (χ2v) is 7.46. The molecule has 2 aliphatic heterocycles. The van der Waals surface area contributed by atoms with E-state index in [1.165, 1.54) is 30.4 Å². The fraction of sp³-hybridized carbons (Fsp3) is 0.571. The second-order valence-electron chi connectivity index (χ2n) is 7.46. The Morgan fingerprint density at radius 3 is 2.83 bits per heavy atom. The zero-order chi connectivity index (χ0) is 19.2. The van der Waals surface area contributed by atoms with Crippen molar-refractivity contribution < 1.29 is 4.74 Å². The van der Waals surface area contributed by atoms with Gasteiger partial charge in [0.05, 0.1) is 6.61 Å². The molecular weight excluding hydrogens is 479 g/mol. The quantitative estimate of drug-likeness (QED) is 0.355. The van der Waals surface area contributed by atoms with Crippen LogP contribution in [0.2, 0.25) is 0 Å². The van der Waals surface area contributed by atoms with Crippen molar-refractivity contribution in [3.05, 3.63) is 41.0 Å². The number of hydrogen-bond donors (Lipinski definition) is 2. The molecule has 29 heavy (non-hydrogen) atoms. The largest absolute Gasteiger partial charge is 0.493 e. The van der Waals surface area contributed by atoms with Crippen molar-refractivity contribution in [1.82, 2.24) is 25.4 Å². The second kappa shape index (κ2) is 10.8. The van der Waals surface area contributed by atoms with Crippen LogP contribution in [0.3, 0.4) is 0 Å². The Morgan fingerprint density at radius 2 is 1.97 bits per heavy atom. The molecule has 7 nitrogen and oxygen atoms in total. The highest BCUT2D eigenvalue weighted by Gasteiger charge is 2.14. The Bertz CT molecular complexity index is 835. The summed E-state index contributed by atoms with van der Waals surface area (Å²) in [4.78, 5) is 4.33. The molecule has 1 aromatic heterocycles. The van der Waals surface area contributed by atoms with Crippen LogP contribution >= 0.6 is 24.0 Å². The van der Waals surface area contributed by atoms with E-state index in [0.717, 1.165) is 75.3 Å². The highest BCUT2D eigenvalue weighted by molar-refractivity contribution is 14.0. The van der Waals surface area contributed by atoms with E-state index >= 15 is 0 Å². The van der Waals surface area contributed by atoms with E-state index in [0.29, 0.717) is 0 Å². The van der Waals surface area contributed by atoms with Gasteiger partial charge in [0.15, 0.2) is 5.96 Å². The van der Waals surface area contributed by atoms with Gasteiger partial charge in [0.1, 0.15) is 17.4 Å². The Hall–Kier alpha value is -1.84. The Labute approximate surface area is 189 Å². The average molecular weight is 510 g/mol. The summed E-state index contributed by atoms with van der Waals surface area (Å²) in [6.07, 6.45) is 7.64. The number of halogens is 1. The van der Waals surface area contributed by atoms with Crippen LogP contribution in [0.4, 0.5) is 0 Å². The summed E-state index contributed by atoms with van der Waals surface area (Å²) in [6, 6.07) is 6.50. The minimum absolute atomic E-state index is 0. The number of rotatable bonds is 6. The number of fused-ring (bicyclic) bond motifs is 2. The normalized spacial score (nSPS) is 15.6. The van der Waals surface area contributed by atoms with Gasteiger partial charge in [-0.1, -0.05) is 18.6 Å². The zero-order valence-corrected chi connectivity index (χ0v) is 19.4. The highest BCUT2D eigenvalue weighted by Crippen LogP contribution is 2.25. The lowest BCUT2D eigenvalue weighted by Crippen LogP contribution is -2.39. The Morgan fingerprint density at radius 1 is 1.10 bits per heavy atom. The summed E-state index contributed by atoms with van der Waals surface area (Å²) < 4.78 is 7.88. The molecule has 0 fully saturated rings. The van der Waals surface area contributed by atoms with E-state index in [-0.39, 0.29) is 24.0 Å².